The van der Waals surface area contributed by atoms with Gasteiger partial charge in [-0.3, -0.25) is 38.5 Å². The van der Waals surface area contributed by atoms with E-state index in [2.05, 4.69) is 185 Å². The normalized spacial score (nSPS) is 23.1. The standard InChI is InChI=1S/C21H34N2O3.C19H32N2O.C18H28N2O2.C18H30N2O.C17H28N2O.C17H27NO/c1-16-8-7-11-21(5,6)17(16)9-10-18(24)22-12-14-23(15-13-22)19(25)26-20(2,3)4;1-5-11-20-12-14-21(15-13-20)18(22)9-8-17-16(2)7-6-10-19(17,3)4;1-14-6-5-9-18(3,4)16(14)7-8-17(22)20-12-10-19(11-13-20)15(2)21;1-5-19-11-13-20(14-12-19)17(21)9-8-16-15(2)7-6-10-18(16,3)4;1-14-6-5-9-17(2,3)15(14)7-8-16(20)19-12-10-18(4)11-13-19;1-14-8-7-11-17(2,3)15(14)9-10-16(19)18-12-5-4-6-13-18/h9-10H,7-8,11-15H2,1-6H3;8-9H,5-7,10-15H2,1-4H3;7-8H,5-6,9-13H2,1-4H3;8-9H,5-7,10-14H2,1-4H3;7-8H,5-6,9-13H2,1-4H3;9-10H,4-8,11-13H2,1-3H3/b10-9+;9-8+;8-7+;9-8+;8-7+;10-9+. The summed E-state index contributed by atoms with van der Waals surface area (Å²) in [5.41, 5.74) is 17.3. The van der Waals surface area contributed by atoms with E-state index in [4.69, 9.17) is 4.74 Å². The Morgan fingerprint density at radius 3 is 0.731 bits per heavy atom. The molecule has 130 heavy (non-hydrogen) atoms. The second kappa shape index (κ2) is 50.6. The topological polar surface area (TPSA) is 181 Å². The van der Waals surface area contributed by atoms with E-state index in [-0.39, 0.29) is 79.9 Å². The van der Waals surface area contributed by atoms with Crippen LogP contribution in [0.1, 0.15) is 307 Å². The van der Waals surface area contributed by atoms with Gasteiger partial charge in [0.1, 0.15) is 5.60 Å². The zero-order valence-corrected chi connectivity index (χ0v) is 86.5. The van der Waals surface area contributed by atoms with E-state index in [0.717, 1.165) is 137 Å². The van der Waals surface area contributed by atoms with Gasteiger partial charge in [0.25, 0.3) is 0 Å². The molecule has 6 saturated heterocycles. The number of likely N-dealkylation sites (N-methyl/N-ethyl adjacent to an activating group) is 2. The summed E-state index contributed by atoms with van der Waals surface area (Å²) in [6.45, 7) is 72.0. The van der Waals surface area contributed by atoms with Crippen molar-refractivity contribution in [1.29, 1.82) is 0 Å². The summed E-state index contributed by atoms with van der Waals surface area (Å²) >= 11 is 0. The number of amides is 8. The fourth-order valence-electron chi connectivity index (χ4n) is 21.2. The minimum atomic E-state index is -0.495. The molecular weight excluding hydrogens is 1620 g/mol. The number of carbonyl (C=O) groups is 8. The van der Waals surface area contributed by atoms with Crippen LogP contribution in [0.3, 0.4) is 0 Å². The van der Waals surface area contributed by atoms with Crippen LogP contribution in [0.2, 0.25) is 0 Å². The monoisotopic (exact) mass is 1800 g/mol. The minimum absolute atomic E-state index is 0.0236. The highest BCUT2D eigenvalue weighted by atomic mass is 16.6. The summed E-state index contributed by atoms with van der Waals surface area (Å²) in [5.74, 6) is 0.888. The highest BCUT2D eigenvalue weighted by Gasteiger charge is 2.36. The van der Waals surface area contributed by atoms with E-state index in [1.807, 2.05) is 62.3 Å². The molecule has 20 nitrogen and oxygen atoms in total. The molecule has 0 aromatic carbocycles. The molecule has 12 aliphatic rings. The number of hydrogen-bond acceptors (Lipinski definition) is 12. The second-order valence-electron chi connectivity index (χ2n) is 44.2. The average molecular weight is 1800 g/mol. The predicted octanol–water partition coefficient (Wildman–Crippen LogP) is 20.7. The Hall–Kier alpha value is -7.68. The van der Waals surface area contributed by atoms with Crippen LogP contribution in [0.5, 0.6) is 0 Å². The lowest BCUT2D eigenvalue weighted by atomic mass is 9.72. The Morgan fingerprint density at radius 1 is 0.292 bits per heavy atom. The van der Waals surface area contributed by atoms with E-state index < -0.39 is 5.60 Å². The van der Waals surface area contributed by atoms with Gasteiger partial charge in [-0.25, -0.2) is 4.79 Å². The molecule has 0 aromatic rings. The van der Waals surface area contributed by atoms with Crippen molar-refractivity contribution in [2.24, 2.45) is 32.5 Å². The zero-order chi connectivity index (χ0) is 96.1. The molecule has 0 atom stereocenters. The van der Waals surface area contributed by atoms with E-state index >= 15 is 0 Å². The number of likely N-dealkylation sites (tertiary alicyclic amines) is 1. The number of rotatable bonds is 15. The summed E-state index contributed by atoms with van der Waals surface area (Å²) in [4.78, 5) is 120. The number of allylic oxidation sites excluding steroid dienone is 18. The lowest BCUT2D eigenvalue weighted by Gasteiger charge is -2.35. The van der Waals surface area contributed by atoms with Crippen molar-refractivity contribution < 1.29 is 43.1 Å². The maximum absolute atomic E-state index is 12.5. The maximum atomic E-state index is 12.5. The number of nitrogens with zero attached hydrogens (tertiary/aromatic N) is 11. The van der Waals surface area contributed by atoms with Gasteiger partial charge in [0, 0.05) is 187 Å². The smallest absolute Gasteiger partial charge is 0.410 e. The first-order valence-corrected chi connectivity index (χ1v) is 50.5. The number of hydrogen-bond donors (Lipinski definition) is 0. The Balaban J connectivity index is 0.000000214. The Morgan fingerprint density at radius 2 is 0.508 bits per heavy atom. The van der Waals surface area contributed by atoms with Crippen LogP contribution in [-0.2, 0) is 38.3 Å². The van der Waals surface area contributed by atoms with Gasteiger partial charge in [0.15, 0.2) is 0 Å². The molecule has 0 bridgehead atoms. The molecule has 0 N–H and O–H groups in total. The van der Waals surface area contributed by atoms with Crippen molar-refractivity contribution >= 4 is 47.4 Å². The maximum Gasteiger partial charge on any atom is 0.410 e. The molecule has 6 fully saturated rings. The Kier molecular flexibility index (Phi) is 42.6. The third-order valence-corrected chi connectivity index (χ3v) is 29.7. The molecule has 0 unspecified atom stereocenters. The van der Waals surface area contributed by atoms with Crippen LogP contribution in [0.4, 0.5) is 4.79 Å². The van der Waals surface area contributed by atoms with Gasteiger partial charge in [-0.15, -0.1) is 0 Å². The van der Waals surface area contributed by atoms with Crippen molar-refractivity contribution in [3.8, 4) is 0 Å². The van der Waals surface area contributed by atoms with Gasteiger partial charge in [-0.05, 0) is 290 Å². The Bertz CT molecular complexity index is 4200. The zero-order valence-electron chi connectivity index (χ0n) is 86.5. The minimum Gasteiger partial charge on any atom is -0.444 e. The van der Waals surface area contributed by atoms with Crippen LogP contribution < -0.4 is 0 Å². The summed E-state index contributed by atoms with van der Waals surface area (Å²) in [7, 11) is 2.11. The van der Waals surface area contributed by atoms with Crippen molar-refractivity contribution in [2.75, 3.05) is 164 Å². The van der Waals surface area contributed by atoms with Crippen LogP contribution in [-0.4, -0.2) is 271 Å². The highest BCUT2D eigenvalue weighted by molar-refractivity contribution is 5.91. The van der Waals surface area contributed by atoms with Gasteiger partial charge < -0.3 is 53.7 Å². The van der Waals surface area contributed by atoms with Crippen molar-refractivity contribution in [2.45, 2.75) is 313 Å². The summed E-state index contributed by atoms with van der Waals surface area (Å²) in [5, 5.41) is 0. The second-order valence-corrected chi connectivity index (χ2v) is 44.2. The first kappa shape index (κ1) is 109. The molecule has 6 heterocycles. The fraction of sp³-hybridized carbons (Fsp3) is 0.709. The Labute approximate surface area is 789 Å². The van der Waals surface area contributed by atoms with Gasteiger partial charge in [0.05, 0.1) is 0 Å². The summed E-state index contributed by atoms with van der Waals surface area (Å²) < 4.78 is 5.40. The van der Waals surface area contributed by atoms with Crippen LogP contribution in [0, 0.1) is 32.5 Å². The third kappa shape index (κ3) is 34.0. The molecule has 0 spiro atoms. The van der Waals surface area contributed by atoms with Crippen LogP contribution in [0.25, 0.3) is 0 Å². The SMILES string of the molecule is CC(=O)N1CCN(C(=O)/C=C/C2=C(C)CCCC2(C)C)CC1.CC1=C(/C=C/C(=O)N2CCCCC2)C(C)(C)CCC1.CC1=C(/C=C/C(=O)N2CCN(C(=O)OC(C)(C)C)CC2)C(C)(C)CCC1.CC1=C(/C=C/C(=O)N2CCN(C)CC2)C(C)(C)CCC1.CCCN1CCN(C(=O)/C=C/C2=C(C)CCCC2(C)C)CC1.CCN1CCN(C(=O)/C=C/C2=C(C)CCCC2(C)C)CC1. The summed E-state index contributed by atoms with van der Waals surface area (Å²) in [6, 6.07) is 0. The number of carbonyl (C=O) groups excluding carboxylic acids is 8. The number of piperidine rings is 1. The number of ether oxygens (including phenoxy) is 1. The first-order chi connectivity index (χ1) is 61.1. The molecule has 0 aromatic heterocycles. The lowest BCUT2D eigenvalue weighted by Crippen LogP contribution is -2.51. The van der Waals surface area contributed by atoms with Crippen LogP contribution in [0.15, 0.2) is 140 Å². The molecular formula is C110H179N11O9. The van der Waals surface area contributed by atoms with E-state index in [0.29, 0.717) is 52.4 Å². The van der Waals surface area contributed by atoms with Crippen molar-refractivity contribution in [1.82, 2.24) is 53.9 Å². The van der Waals surface area contributed by atoms with Gasteiger partial charge in [-0.1, -0.05) is 167 Å². The number of piperazine rings is 5. The summed E-state index contributed by atoms with van der Waals surface area (Å²) in [6.07, 6.45) is 49.2. The average Bonchev–Trinajstić information content (AvgIpc) is 0.840. The highest BCUT2D eigenvalue weighted by Crippen LogP contribution is 2.46. The van der Waals surface area contributed by atoms with E-state index in [1.165, 1.54) is 176 Å². The van der Waals surface area contributed by atoms with Gasteiger partial charge >= 0.3 is 6.09 Å². The third-order valence-electron chi connectivity index (χ3n) is 29.7. The molecule has 6 aliphatic carbocycles. The molecule has 6 aliphatic heterocycles. The quantitative estimate of drug-likeness (QED) is 0.142. The lowest BCUT2D eigenvalue weighted by molar-refractivity contribution is -0.135. The predicted molar refractivity (Wildman–Crippen MR) is 537 cm³/mol. The fourth-order valence-corrected chi connectivity index (χ4v) is 21.2. The van der Waals surface area contributed by atoms with Gasteiger partial charge in [-0.2, -0.15) is 0 Å². The van der Waals surface area contributed by atoms with Crippen molar-refractivity contribution in [3.05, 3.63) is 140 Å². The van der Waals surface area contributed by atoms with E-state index in [9.17, 15) is 38.4 Å². The molecule has 12 rings (SSSR count). The first-order valence-electron chi connectivity index (χ1n) is 50.5. The molecule has 20 heteroatoms. The van der Waals surface area contributed by atoms with Crippen molar-refractivity contribution in [3.63, 3.8) is 0 Å². The largest absolute Gasteiger partial charge is 0.444 e. The molecule has 0 saturated carbocycles. The molecule has 728 valence electrons. The van der Waals surface area contributed by atoms with E-state index in [1.54, 1.807) is 53.2 Å². The van der Waals surface area contributed by atoms with Crippen LogP contribution >= 0.6 is 0 Å². The molecule has 8 amide bonds. The molecule has 0 radical (unpaired) electrons. The van der Waals surface area contributed by atoms with Gasteiger partial charge in [0.2, 0.25) is 41.4 Å².